The van der Waals surface area contributed by atoms with Gasteiger partial charge in [0.15, 0.2) is 0 Å². The fourth-order valence-electron chi connectivity index (χ4n) is 0.672. The second-order valence-electron chi connectivity index (χ2n) is 3.10. The summed E-state index contributed by atoms with van der Waals surface area (Å²) in [5.74, 6) is -0.290. The molecule has 0 rings (SSSR count). The summed E-state index contributed by atoms with van der Waals surface area (Å²) in [4.78, 5) is 10.9. The molecule has 0 aliphatic rings. The highest BCUT2D eigenvalue weighted by molar-refractivity contribution is 7.90. The van der Waals surface area contributed by atoms with E-state index >= 15 is 0 Å². The molecule has 0 aromatic carbocycles. The van der Waals surface area contributed by atoms with Gasteiger partial charge >= 0.3 is 0 Å². The first kappa shape index (κ1) is 11.4. The molecule has 4 nitrogen and oxygen atoms in total. The van der Waals surface area contributed by atoms with Gasteiger partial charge in [0, 0.05) is 18.7 Å². The number of rotatable bonds is 4. The first-order valence-corrected chi connectivity index (χ1v) is 5.84. The van der Waals surface area contributed by atoms with Gasteiger partial charge in [0.05, 0.1) is 5.75 Å². The van der Waals surface area contributed by atoms with Crippen molar-refractivity contribution in [3.63, 3.8) is 0 Å². The zero-order valence-corrected chi connectivity index (χ0v) is 8.44. The van der Waals surface area contributed by atoms with E-state index in [1.54, 1.807) is 0 Å². The number of sulfone groups is 1. The van der Waals surface area contributed by atoms with Crippen LogP contribution in [0, 0.1) is 0 Å². The Hall–Kier alpha value is -0.580. The van der Waals surface area contributed by atoms with Crippen molar-refractivity contribution in [2.24, 2.45) is 0 Å². The Morgan fingerprint density at radius 2 is 1.92 bits per heavy atom. The number of hydrogen-bond acceptors (Lipinski definition) is 3. The van der Waals surface area contributed by atoms with Crippen LogP contribution >= 0.6 is 0 Å². The van der Waals surface area contributed by atoms with Gasteiger partial charge in [0.2, 0.25) is 5.91 Å². The van der Waals surface area contributed by atoms with Crippen LogP contribution in [0.1, 0.15) is 20.3 Å². The van der Waals surface area contributed by atoms with E-state index in [2.05, 4.69) is 5.32 Å². The maximum atomic E-state index is 10.9. The van der Waals surface area contributed by atoms with Gasteiger partial charge in [-0.2, -0.15) is 0 Å². The average molecular weight is 193 g/mol. The van der Waals surface area contributed by atoms with Crippen molar-refractivity contribution in [2.75, 3.05) is 12.0 Å². The Balaban J connectivity index is 3.73. The molecular weight excluding hydrogens is 178 g/mol. The van der Waals surface area contributed by atoms with Crippen molar-refractivity contribution in [1.29, 1.82) is 0 Å². The van der Waals surface area contributed by atoms with Crippen LogP contribution in [0.3, 0.4) is 0 Å². The summed E-state index contributed by atoms with van der Waals surface area (Å²) in [6, 6.07) is 0.0667. The van der Waals surface area contributed by atoms with Crippen LogP contribution in [0.5, 0.6) is 0 Å². The quantitative estimate of drug-likeness (QED) is 0.680. The van der Waals surface area contributed by atoms with E-state index in [1.807, 2.05) is 13.8 Å². The lowest BCUT2D eigenvalue weighted by Crippen LogP contribution is -2.31. The molecule has 0 saturated heterocycles. The molecule has 0 unspecified atom stereocenters. The molecule has 0 aliphatic heterocycles. The highest BCUT2D eigenvalue weighted by Gasteiger charge is 2.07. The van der Waals surface area contributed by atoms with Gasteiger partial charge in [-0.15, -0.1) is 0 Å². The van der Waals surface area contributed by atoms with E-state index in [-0.39, 0.29) is 24.1 Å². The second kappa shape index (κ2) is 4.45. The third-order valence-corrected chi connectivity index (χ3v) is 2.10. The minimum absolute atomic E-state index is 0.0526. The summed E-state index contributed by atoms with van der Waals surface area (Å²) >= 11 is 0. The molecule has 12 heavy (non-hydrogen) atoms. The van der Waals surface area contributed by atoms with Crippen LogP contribution in [-0.2, 0) is 14.6 Å². The van der Waals surface area contributed by atoms with Crippen LogP contribution in [0.25, 0.3) is 0 Å². The van der Waals surface area contributed by atoms with Crippen molar-refractivity contribution >= 4 is 15.7 Å². The molecule has 0 aliphatic carbocycles. The predicted molar refractivity (Wildman–Crippen MR) is 47.6 cm³/mol. The topological polar surface area (TPSA) is 63.2 Å². The number of carbonyl (C=O) groups excluding carboxylic acids is 1. The summed E-state index contributed by atoms with van der Waals surface area (Å²) in [5, 5.41) is 2.61. The molecule has 0 spiro atoms. The Morgan fingerprint density at radius 3 is 2.25 bits per heavy atom. The largest absolute Gasteiger partial charge is 0.354 e. The van der Waals surface area contributed by atoms with Crippen molar-refractivity contribution in [2.45, 2.75) is 26.3 Å². The zero-order valence-electron chi connectivity index (χ0n) is 7.62. The van der Waals surface area contributed by atoms with Crippen molar-refractivity contribution < 1.29 is 13.2 Å². The summed E-state index contributed by atoms with van der Waals surface area (Å²) in [6.07, 6.45) is 1.17. The summed E-state index contributed by atoms with van der Waals surface area (Å²) < 4.78 is 21.3. The Bertz CT molecular complexity index is 243. The number of hydrogen-bond donors (Lipinski definition) is 1. The van der Waals surface area contributed by atoms with Crippen molar-refractivity contribution in [3.8, 4) is 0 Å². The number of amides is 1. The fourth-order valence-corrected chi connectivity index (χ4v) is 1.23. The highest BCUT2D eigenvalue weighted by Crippen LogP contribution is 1.89. The maximum absolute atomic E-state index is 10.9. The van der Waals surface area contributed by atoms with Crippen LogP contribution < -0.4 is 5.32 Å². The Morgan fingerprint density at radius 1 is 1.42 bits per heavy atom. The molecule has 0 heterocycles. The first-order chi connectivity index (χ1) is 5.31. The van der Waals surface area contributed by atoms with E-state index in [1.165, 1.54) is 0 Å². The maximum Gasteiger partial charge on any atom is 0.221 e. The Labute approximate surface area is 73.3 Å². The average Bonchev–Trinajstić information content (AvgIpc) is 1.80. The lowest BCUT2D eigenvalue weighted by molar-refractivity contribution is -0.121. The molecule has 0 bridgehead atoms. The van der Waals surface area contributed by atoms with Crippen LogP contribution in [0.15, 0.2) is 0 Å². The minimum Gasteiger partial charge on any atom is -0.354 e. The predicted octanol–water partition coefficient (Wildman–Crippen LogP) is -0.0543. The van der Waals surface area contributed by atoms with Gasteiger partial charge in [-0.3, -0.25) is 4.79 Å². The molecule has 0 aromatic rings. The van der Waals surface area contributed by atoms with Gasteiger partial charge in [0.25, 0.3) is 0 Å². The van der Waals surface area contributed by atoms with E-state index in [4.69, 9.17) is 0 Å². The van der Waals surface area contributed by atoms with Gasteiger partial charge in [0.1, 0.15) is 9.84 Å². The van der Waals surface area contributed by atoms with Gasteiger partial charge in [-0.05, 0) is 13.8 Å². The van der Waals surface area contributed by atoms with Crippen LogP contribution in [0.2, 0.25) is 0 Å². The van der Waals surface area contributed by atoms with Crippen molar-refractivity contribution in [1.82, 2.24) is 5.32 Å². The Kier molecular flexibility index (Phi) is 4.23. The van der Waals surface area contributed by atoms with Gasteiger partial charge < -0.3 is 5.32 Å². The molecule has 72 valence electrons. The van der Waals surface area contributed by atoms with Crippen LogP contribution in [0.4, 0.5) is 0 Å². The highest BCUT2D eigenvalue weighted by atomic mass is 32.2. The van der Waals surface area contributed by atoms with Gasteiger partial charge in [-0.25, -0.2) is 8.42 Å². The van der Waals surface area contributed by atoms with E-state index < -0.39 is 9.84 Å². The minimum atomic E-state index is -3.02. The lowest BCUT2D eigenvalue weighted by atomic mass is 10.3. The number of nitrogens with one attached hydrogen (secondary N) is 1. The molecule has 0 atom stereocenters. The first-order valence-electron chi connectivity index (χ1n) is 3.78. The van der Waals surface area contributed by atoms with E-state index in [0.29, 0.717) is 0 Å². The normalized spacial score (nSPS) is 11.7. The molecule has 0 fully saturated rings. The fraction of sp³-hybridized carbons (Fsp3) is 0.857. The smallest absolute Gasteiger partial charge is 0.221 e. The second-order valence-corrected chi connectivity index (χ2v) is 5.36. The molecule has 0 radical (unpaired) electrons. The van der Waals surface area contributed by atoms with E-state index in [0.717, 1.165) is 6.26 Å². The molecule has 0 saturated carbocycles. The molecule has 0 aromatic heterocycles. The molecule has 1 amide bonds. The van der Waals surface area contributed by atoms with Crippen molar-refractivity contribution in [3.05, 3.63) is 0 Å². The van der Waals surface area contributed by atoms with Gasteiger partial charge in [-0.1, -0.05) is 0 Å². The third kappa shape index (κ3) is 7.53. The summed E-state index contributed by atoms with van der Waals surface area (Å²) in [7, 11) is -3.02. The molecular formula is C7H15NO3S. The summed E-state index contributed by atoms with van der Waals surface area (Å²) in [5.41, 5.74) is 0. The lowest BCUT2D eigenvalue weighted by Gasteiger charge is -2.06. The number of carbonyl (C=O) groups is 1. The molecule has 5 heteroatoms. The zero-order chi connectivity index (χ0) is 9.78. The van der Waals surface area contributed by atoms with E-state index in [9.17, 15) is 13.2 Å². The molecule has 1 N–H and O–H groups in total. The third-order valence-electron chi connectivity index (χ3n) is 1.15. The SMILES string of the molecule is CC(C)NC(=O)CCS(C)(=O)=O. The van der Waals surface area contributed by atoms with Crippen LogP contribution in [-0.4, -0.2) is 32.4 Å². The standard InChI is InChI=1S/C7H15NO3S/c1-6(2)8-7(9)4-5-12(3,10)11/h6H,4-5H2,1-3H3,(H,8,9). The summed E-state index contributed by atoms with van der Waals surface area (Å²) in [6.45, 7) is 3.66. The monoisotopic (exact) mass is 193 g/mol.